The standard InChI is InChI=1S/C21H27N3O5S/c1-15-12-23(13-16(2)29-15)14-18-8-5-4-7-17(18)11-22-19-9-6-10-20(30(3,27)28)21(19)24(25)26/h4-10,15-16,22H,11-14H2,1-3H3. The van der Waals surface area contributed by atoms with Crippen molar-refractivity contribution in [1.29, 1.82) is 0 Å². The average molecular weight is 434 g/mol. The molecule has 0 spiro atoms. The number of anilines is 1. The maximum absolute atomic E-state index is 12.0. The van der Waals surface area contributed by atoms with Gasteiger partial charge in [0.1, 0.15) is 10.6 Å². The third kappa shape index (κ3) is 5.35. The molecule has 0 radical (unpaired) electrons. The van der Waals surface area contributed by atoms with Crippen molar-refractivity contribution < 1.29 is 18.1 Å². The molecule has 30 heavy (non-hydrogen) atoms. The molecular formula is C21H27N3O5S. The number of ether oxygens (including phenoxy) is 1. The number of nitrogens with one attached hydrogen (secondary N) is 1. The van der Waals surface area contributed by atoms with Crippen molar-refractivity contribution in [1.82, 2.24) is 4.90 Å². The predicted octanol–water partition coefficient (Wildman–Crippen LogP) is 3.22. The Kier molecular flexibility index (Phi) is 6.74. The number of rotatable bonds is 7. The van der Waals surface area contributed by atoms with Crippen molar-refractivity contribution in [3.05, 3.63) is 63.7 Å². The van der Waals surface area contributed by atoms with Gasteiger partial charge >= 0.3 is 5.69 Å². The summed E-state index contributed by atoms with van der Waals surface area (Å²) in [5.41, 5.74) is 1.89. The Labute approximate surface area is 176 Å². The number of nitro groups is 1. The number of hydrogen-bond donors (Lipinski definition) is 1. The highest BCUT2D eigenvalue weighted by molar-refractivity contribution is 7.90. The summed E-state index contributed by atoms with van der Waals surface area (Å²) in [6.07, 6.45) is 1.31. The number of nitrogens with zero attached hydrogens (tertiary/aromatic N) is 2. The Bertz CT molecular complexity index is 1020. The molecule has 1 heterocycles. The van der Waals surface area contributed by atoms with E-state index in [0.29, 0.717) is 6.54 Å². The van der Waals surface area contributed by atoms with Crippen LogP contribution in [-0.2, 0) is 27.7 Å². The summed E-state index contributed by atoms with van der Waals surface area (Å²) in [4.78, 5) is 13.0. The van der Waals surface area contributed by atoms with Gasteiger partial charge in [0, 0.05) is 32.4 Å². The highest BCUT2D eigenvalue weighted by Gasteiger charge is 2.26. The molecule has 1 fully saturated rings. The van der Waals surface area contributed by atoms with Gasteiger partial charge in [0.2, 0.25) is 0 Å². The number of nitro benzene ring substituents is 1. The minimum atomic E-state index is -3.72. The smallest absolute Gasteiger partial charge is 0.310 e. The van der Waals surface area contributed by atoms with Crippen LogP contribution in [0.25, 0.3) is 0 Å². The van der Waals surface area contributed by atoms with Crippen LogP contribution in [0.5, 0.6) is 0 Å². The molecule has 2 unspecified atom stereocenters. The molecule has 0 amide bonds. The first-order chi connectivity index (χ1) is 14.1. The number of morpholine rings is 1. The van der Waals surface area contributed by atoms with Crippen LogP contribution < -0.4 is 5.32 Å². The molecule has 0 saturated carbocycles. The maximum Gasteiger partial charge on any atom is 0.310 e. The third-order valence-electron chi connectivity index (χ3n) is 5.06. The van der Waals surface area contributed by atoms with Gasteiger partial charge < -0.3 is 10.1 Å². The molecule has 0 aliphatic carbocycles. The van der Waals surface area contributed by atoms with Gasteiger partial charge in [-0.1, -0.05) is 30.3 Å². The van der Waals surface area contributed by atoms with E-state index in [1.165, 1.54) is 18.2 Å². The molecule has 0 aromatic heterocycles. The first-order valence-corrected chi connectivity index (χ1v) is 11.7. The summed E-state index contributed by atoms with van der Waals surface area (Å²) in [5, 5.41) is 14.6. The van der Waals surface area contributed by atoms with Gasteiger partial charge in [-0.25, -0.2) is 8.42 Å². The van der Waals surface area contributed by atoms with Gasteiger partial charge in [0.25, 0.3) is 0 Å². The summed E-state index contributed by atoms with van der Waals surface area (Å²) in [7, 11) is -3.72. The molecule has 2 aromatic carbocycles. The fraction of sp³-hybridized carbons (Fsp3) is 0.429. The van der Waals surface area contributed by atoms with E-state index in [1.807, 2.05) is 24.3 Å². The zero-order valence-corrected chi connectivity index (χ0v) is 18.2. The van der Waals surface area contributed by atoms with Crippen LogP contribution in [0.2, 0.25) is 0 Å². The number of para-hydroxylation sites is 1. The Balaban J connectivity index is 1.81. The number of hydrogen-bond acceptors (Lipinski definition) is 7. The highest BCUT2D eigenvalue weighted by atomic mass is 32.2. The summed E-state index contributed by atoms with van der Waals surface area (Å²) in [5.74, 6) is 0. The number of benzene rings is 2. The summed E-state index contributed by atoms with van der Waals surface area (Å²) < 4.78 is 29.7. The van der Waals surface area contributed by atoms with Gasteiger partial charge in [-0.2, -0.15) is 0 Å². The molecular weight excluding hydrogens is 406 g/mol. The van der Waals surface area contributed by atoms with E-state index < -0.39 is 20.4 Å². The lowest BCUT2D eigenvalue weighted by atomic mass is 10.1. The first kappa shape index (κ1) is 22.2. The van der Waals surface area contributed by atoms with Gasteiger partial charge in [-0.3, -0.25) is 15.0 Å². The molecule has 3 rings (SSSR count). The SMILES string of the molecule is CC1CN(Cc2ccccc2CNc2cccc(S(C)(=O)=O)c2[N+](=O)[O-])CC(C)O1. The van der Waals surface area contributed by atoms with E-state index >= 15 is 0 Å². The Hall–Kier alpha value is -2.49. The van der Waals surface area contributed by atoms with Crippen LogP contribution in [0.15, 0.2) is 47.4 Å². The van der Waals surface area contributed by atoms with Crippen LogP contribution >= 0.6 is 0 Å². The zero-order valence-electron chi connectivity index (χ0n) is 17.4. The lowest BCUT2D eigenvalue weighted by Crippen LogP contribution is -2.44. The van der Waals surface area contributed by atoms with Gasteiger partial charge in [0.15, 0.2) is 9.84 Å². The normalized spacial score (nSPS) is 20.1. The van der Waals surface area contributed by atoms with Crippen LogP contribution in [0.1, 0.15) is 25.0 Å². The summed E-state index contributed by atoms with van der Waals surface area (Å²) >= 11 is 0. The Morgan fingerprint density at radius 1 is 1.10 bits per heavy atom. The van der Waals surface area contributed by atoms with Crippen LogP contribution in [0.4, 0.5) is 11.4 Å². The second-order valence-electron chi connectivity index (χ2n) is 7.76. The Morgan fingerprint density at radius 2 is 1.73 bits per heavy atom. The van der Waals surface area contributed by atoms with Crippen molar-refractivity contribution in [3.8, 4) is 0 Å². The largest absolute Gasteiger partial charge is 0.375 e. The van der Waals surface area contributed by atoms with E-state index in [9.17, 15) is 18.5 Å². The van der Waals surface area contributed by atoms with Crippen LogP contribution in [0.3, 0.4) is 0 Å². The zero-order chi connectivity index (χ0) is 21.9. The fourth-order valence-corrected chi connectivity index (χ4v) is 4.74. The van der Waals surface area contributed by atoms with Crippen molar-refractivity contribution in [2.75, 3.05) is 24.7 Å². The molecule has 1 aliphatic heterocycles. The lowest BCUT2D eigenvalue weighted by molar-refractivity contribution is -0.386. The lowest BCUT2D eigenvalue weighted by Gasteiger charge is -2.35. The molecule has 1 aliphatic rings. The second-order valence-corrected chi connectivity index (χ2v) is 9.74. The molecule has 9 heteroatoms. The van der Waals surface area contributed by atoms with E-state index in [2.05, 4.69) is 24.1 Å². The van der Waals surface area contributed by atoms with Crippen molar-refractivity contribution in [2.45, 2.75) is 44.0 Å². The Morgan fingerprint density at radius 3 is 2.33 bits per heavy atom. The topological polar surface area (TPSA) is 102 Å². The molecule has 8 nitrogen and oxygen atoms in total. The summed E-state index contributed by atoms with van der Waals surface area (Å²) in [6, 6.07) is 12.2. The average Bonchev–Trinajstić information content (AvgIpc) is 2.65. The van der Waals surface area contributed by atoms with E-state index in [-0.39, 0.29) is 22.8 Å². The van der Waals surface area contributed by atoms with Crippen molar-refractivity contribution in [2.24, 2.45) is 0 Å². The van der Waals surface area contributed by atoms with E-state index in [1.54, 1.807) is 0 Å². The third-order valence-corrected chi connectivity index (χ3v) is 6.19. The minimum Gasteiger partial charge on any atom is -0.375 e. The van der Waals surface area contributed by atoms with Crippen molar-refractivity contribution in [3.63, 3.8) is 0 Å². The molecule has 0 bridgehead atoms. The quantitative estimate of drug-likeness (QED) is 0.528. The molecule has 2 aromatic rings. The minimum absolute atomic E-state index is 0.167. The predicted molar refractivity (Wildman–Crippen MR) is 115 cm³/mol. The molecule has 1 N–H and O–H groups in total. The van der Waals surface area contributed by atoms with E-state index in [0.717, 1.165) is 37.0 Å². The summed E-state index contributed by atoms with van der Waals surface area (Å²) in [6.45, 7) is 6.90. The molecule has 1 saturated heterocycles. The maximum atomic E-state index is 12.0. The molecule has 2 atom stereocenters. The monoisotopic (exact) mass is 433 g/mol. The highest BCUT2D eigenvalue weighted by Crippen LogP contribution is 2.32. The van der Waals surface area contributed by atoms with Gasteiger partial charge in [-0.15, -0.1) is 0 Å². The first-order valence-electron chi connectivity index (χ1n) is 9.81. The molecule has 162 valence electrons. The van der Waals surface area contributed by atoms with Gasteiger partial charge in [-0.05, 0) is 37.1 Å². The van der Waals surface area contributed by atoms with Crippen molar-refractivity contribution >= 4 is 21.2 Å². The second kappa shape index (κ2) is 9.11. The van der Waals surface area contributed by atoms with E-state index in [4.69, 9.17) is 4.74 Å². The number of sulfone groups is 1. The van der Waals surface area contributed by atoms with Gasteiger partial charge in [0.05, 0.1) is 17.1 Å². The van der Waals surface area contributed by atoms with Crippen LogP contribution in [0, 0.1) is 10.1 Å². The fourth-order valence-electron chi connectivity index (χ4n) is 3.88. The van der Waals surface area contributed by atoms with Crippen LogP contribution in [-0.4, -0.2) is 49.8 Å².